The van der Waals surface area contributed by atoms with E-state index in [9.17, 15) is 0 Å². The monoisotopic (exact) mass is 324 g/mol. The normalized spacial score (nSPS) is 18.3. The molecule has 5 nitrogen and oxygen atoms in total. The molecule has 1 aliphatic heterocycles. The van der Waals surface area contributed by atoms with Crippen molar-refractivity contribution in [3.8, 4) is 11.3 Å². The molecule has 1 atom stereocenters. The molecule has 0 amide bonds. The minimum Gasteiger partial charge on any atom is -0.382 e. The van der Waals surface area contributed by atoms with Crippen LogP contribution < -0.4 is 10.6 Å². The lowest BCUT2D eigenvalue weighted by molar-refractivity contribution is 0.116. The number of nitrogens with zero attached hydrogens (tertiary/aromatic N) is 3. The average Bonchev–Trinajstić information content (AvgIpc) is 3.17. The van der Waals surface area contributed by atoms with Crippen molar-refractivity contribution in [3.63, 3.8) is 0 Å². The lowest BCUT2D eigenvalue weighted by atomic mass is 10.2. The van der Waals surface area contributed by atoms with Gasteiger partial charge in [-0.25, -0.2) is 4.98 Å². The second-order valence-electron chi connectivity index (χ2n) is 5.17. The molecule has 1 aliphatic rings. The molecule has 21 heavy (non-hydrogen) atoms. The van der Waals surface area contributed by atoms with Gasteiger partial charge in [0.05, 0.1) is 22.4 Å². The highest BCUT2D eigenvalue weighted by molar-refractivity contribution is 7.11. The molecule has 1 saturated heterocycles. The number of nitrogen functional groups attached to an aromatic ring is 1. The summed E-state index contributed by atoms with van der Waals surface area (Å²) in [5.74, 6) is 0.575. The number of likely N-dealkylation sites (N-methyl/N-ethyl adjacent to an activating group) is 1. The lowest BCUT2D eigenvalue weighted by Gasteiger charge is -2.25. The summed E-state index contributed by atoms with van der Waals surface area (Å²) in [6.07, 6.45) is 2.61. The van der Waals surface area contributed by atoms with Crippen LogP contribution >= 0.6 is 22.9 Å². The van der Waals surface area contributed by atoms with E-state index >= 15 is 0 Å². The van der Waals surface area contributed by atoms with Gasteiger partial charge in [-0.15, -0.1) is 11.3 Å². The Kier molecular flexibility index (Phi) is 4.42. The van der Waals surface area contributed by atoms with Crippen molar-refractivity contribution >= 4 is 33.7 Å². The topological polar surface area (TPSA) is 64.3 Å². The molecular weight excluding hydrogens is 304 g/mol. The van der Waals surface area contributed by atoms with Crippen molar-refractivity contribution in [1.82, 2.24) is 9.36 Å². The van der Waals surface area contributed by atoms with Crippen LogP contribution in [0.25, 0.3) is 11.3 Å². The van der Waals surface area contributed by atoms with E-state index in [2.05, 4.69) is 26.6 Å². The van der Waals surface area contributed by atoms with Gasteiger partial charge in [-0.05, 0) is 38.2 Å². The maximum atomic E-state index is 6.09. The standard InChI is InChI=1S/C14H20N4OS2/c1-3-18(7-10-5-4-6-19-10)14-12(13(15)17-21-14)11-8-20-9(2)16-11/h8,10H,3-7H2,1-2H3,(H2,15,17). The summed E-state index contributed by atoms with van der Waals surface area (Å²) in [5.41, 5.74) is 8.00. The van der Waals surface area contributed by atoms with Crippen LogP contribution in [-0.4, -0.2) is 35.2 Å². The molecule has 114 valence electrons. The summed E-state index contributed by atoms with van der Waals surface area (Å²) in [7, 11) is 0. The summed E-state index contributed by atoms with van der Waals surface area (Å²) in [6.45, 7) is 6.85. The van der Waals surface area contributed by atoms with Crippen LogP contribution in [0.1, 0.15) is 24.8 Å². The second-order valence-corrected chi connectivity index (χ2v) is 6.99. The van der Waals surface area contributed by atoms with Gasteiger partial charge in [-0.3, -0.25) is 0 Å². The Labute approximate surface area is 132 Å². The summed E-state index contributed by atoms with van der Waals surface area (Å²) >= 11 is 3.10. The van der Waals surface area contributed by atoms with Crippen molar-refractivity contribution in [2.24, 2.45) is 0 Å². The molecule has 0 aliphatic carbocycles. The number of ether oxygens (including phenoxy) is 1. The van der Waals surface area contributed by atoms with Gasteiger partial charge in [-0.2, -0.15) is 4.37 Å². The Hall–Kier alpha value is -1.18. The number of hydrogen-bond acceptors (Lipinski definition) is 7. The minimum absolute atomic E-state index is 0.318. The van der Waals surface area contributed by atoms with Crippen LogP contribution in [0.2, 0.25) is 0 Å². The number of anilines is 2. The van der Waals surface area contributed by atoms with Gasteiger partial charge < -0.3 is 15.4 Å². The molecule has 7 heteroatoms. The fourth-order valence-electron chi connectivity index (χ4n) is 2.62. The lowest BCUT2D eigenvalue weighted by Crippen LogP contribution is -2.31. The Morgan fingerprint density at radius 3 is 3.00 bits per heavy atom. The predicted octanol–water partition coefficient (Wildman–Crippen LogP) is 3.16. The van der Waals surface area contributed by atoms with Gasteiger partial charge in [0.15, 0.2) is 0 Å². The highest BCUT2D eigenvalue weighted by Gasteiger charge is 2.24. The molecule has 0 spiro atoms. The molecule has 2 N–H and O–H groups in total. The number of aromatic nitrogens is 2. The summed E-state index contributed by atoms with van der Waals surface area (Å²) in [5, 5.41) is 4.21. The Bertz CT molecular complexity index is 604. The molecular formula is C14H20N4OS2. The number of nitrogens with two attached hydrogens (primary N) is 1. The summed E-state index contributed by atoms with van der Waals surface area (Å²) in [6, 6.07) is 0. The largest absolute Gasteiger partial charge is 0.382 e. The molecule has 3 rings (SSSR count). The van der Waals surface area contributed by atoms with Crippen molar-refractivity contribution in [1.29, 1.82) is 0 Å². The Morgan fingerprint density at radius 1 is 1.52 bits per heavy atom. The SMILES string of the molecule is CCN(CC1CCCO1)c1snc(N)c1-c1csc(C)n1. The van der Waals surface area contributed by atoms with Crippen molar-refractivity contribution in [3.05, 3.63) is 10.4 Å². The fraction of sp³-hybridized carbons (Fsp3) is 0.571. The zero-order chi connectivity index (χ0) is 14.8. The van der Waals surface area contributed by atoms with Gasteiger partial charge in [0.25, 0.3) is 0 Å². The van der Waals surface area contributed by atoms with E-state index in [0.717, 1.165) is 53.8 Å². The van der Waals surface area contributed by atoms with E-state index in [1.54, 1.807) is 11.3 Å². The Balaban J connectivity index is 1.89. The first-order valence-electron chi connectivity index (χ1n) is 7.23. The van der Waals surface area contributed by atoms with E-state index in [1.807, 2.05) is 6.92 Å². The maximum absolute atomic E-state index is 6.09. The van der Waals surface area contributed by atoms with Crippen LogP contribution in [0.15, 0.2) is 5.38 Å². The third kappa shape index (κ3) is 3.04. The quantitative estimate of drug-likeness (QED) is 0.915. The molecule has 2 aromatic heterocycles. The van der Waals surface area contributed by atoms with E-state index in [0.29, 0.717) is 11.9 Å². The highest BCUT2D eigenvalue weighted by Crippen LogP contribution is 2.39. The third-order valence-electron chi connectivity index (χ3n) is 3.69. The first kappa shape index (κ1) is 14.7. The van der Waals surface area contributed by atoms with E-state index < -0.39 is 0 Å². The highest BCUT2D eigenvalue weighted by atomic mass is 32.1. The van der Waals surface area contributed by atoms with Gasteiger partial charge in [0, 0.05) is 25.1 Å². The minimum atomic E-state index is 0.318. The number of thiazole rings is 1. The predicted molar refractivity (Wildman–Crippen MR) is 89.2 cm³/mol. The molecule has 0 bridgehead atoms. The zero-order valence-electron chi connectivity index (χ0n) is 12.3. The van der Waals surface area contributed by atoms with Crippen molar-refractivity contribution in [2.75, 3.05) is 30.3 Å². The molecule has 3 heterocycles. The Morgan fingerprint density at radius 2 is 2.38 bits per heavy atom. The van der Waals surface area contributed by atoms with Gasteiger partial charge >= 0.3 is 0 Å². The first-order valence-corrected chi connectivity index (χ1v) is 8.88. The summed E-state index contributed by atoms with van der Waals surface area (Å²) < 4.78 is 10.1. The third-order valence-corrected chi connectivity index (χ3v) is 5.39. The van der Waals surface area contributed by atoms with Gasteiger partial charge in [0.2, 0.25) is 0 Å². The van der Waals surface area contributed by atoms with Crippen LogP contribution in [0.3, 0.4) is 0 Å². The van der Waals surface area contributed by atoms with Crippen LogP contribution in [-0.2, 0) is 4.74 Å². The smallest absolute Gasteiger partial charge is 0.148 e. The van der Waals surface area contributed by atoms with Gasteiger partial charge in [0.1, 0.15) is 10.8 Å². The summed E-state index contributed by atoms with van der Waals surface area (Å²) in [4.78, 5) is 6.88. The van der Waals surface area contributed by atoms with Crippen LogP contribution in [0.4, 0.5) is 10.8 Å². The van der Waals surface area contributed by atoms with E-state index in [-0.39, 0.29) is 0 Å². The van der Waals surface area contributed by atoms with E-state index in [4.69, 9.17) is 10.5 Å². The molecule has 2 aromatic rings. The number of aryl methyl sites for hydroxylation is 1. The molecule has 0 radical (unpaired) electrons. The molecule has 0 aromatic carbocycles. The van der Waals surface area contributed by atoms with Crippen LogP contribution in [0, 0.1) is 6.92 Å². The second kappa shape index (κ2) is 6.29. The van der Waals surface area contributed by atoms with Crippen LogP contribution in [0.5, 0.6) is 0 Å². The number of hydrogen-bond donors (Lipinski definition) is 1. The molecule has 1 fully saturated rings. The number of rotatable bonds is 5. The zero-order valence-corrected chi connectivity index (χ0v) is 14.0. The molecule has 0 saturated carbocycles. The van der Waals surface area contributed by atoms with E-state index in [1.165, 1.54) is 11.5 Å². The van der Waals surface area contributed by atoms with Gasteiger partial charge in [-0.1, -0.05) is 0 Å². The van der Waals surface area contributed by atoms with Crippen molar-refractivity contribution in [2.45, 2.75) is 32.8 Å². The average molecular weight is 324 g/mol. The molecule has 1 unspecified atom stereocenters. The first-order chi connectivity index (χ1) is 10.2. The van der Waals surface area contributed by atoms with Crippen molar-refractivity contribution < 1.29 is 4.74 Å². The fourth-order valence-corrected chi connectivity index (χ4v) is 4.12. The maximum Gasteiger partial charge on any atom is 0.148 e.